The molecule has 2 aromatic carbocycles. The summed E-state index contributed by atoms with van der Waals surface area (Å²) in [6, 6.07) is 11.4. The highest BCUT2D eigenvalue weighted by Crippen LogP contribution is 2.36. The molecule has 0 bridgehead atoms. The van der Waals surface area contributed by atoms with Crippen molar-refractivity contribution in [3.63, 3.8) is 0 Å². The maximum Gasteiger partial charge on any atom is 0.434 e. The highest BCUT2D eigenvalue weighted by molar-refractivity contribution is 6.06. The van der Waals surface area contributed by atoms with E-state index in [2.05, 4.69) is 25.6 Å². The molecule has 37 heavy (non-hydrogen) atoms. The fraction of sp³-hybridized carbons (Fsp3) is 0.0833. The number of benzene rings is 2. The molecule has 3 heterocycles. The third-order valence-corrected chi connectivity index (χ3v) is 5.66. The van der Waals surface area contributed by atoms with Gasteiger partial charge in [-0.25, -0.2) is 9.67 Å². The zero-order valence-corrected chi connectivity index (χ0v) is 19.0. The summed E-state index contributed by atoms with van der Waals surface area (Å²) in [6.45, 7) is 1.63. The summed E-state index contributed by atoms with van der Waals surface area (Å²) in [5.41, 5.74) is 5.01. The van der Waals surface area contributed by atoms with E-state index < -0.39 is 23.3 Å². The molecule has 0 spiro atoms. The molecule has 5 aromatic rings. The maximum atomic E-state index is 14.3. The average molecular weight is 503 g/mol. The van der Waals surface area contributed by atoms with Gasteiger partial charge >= 0.3 is 6.18 Å². The van der Waals surface area contributed by atoms with E-state index in [9.17, 15) is 23.2 Å². The van der Waals surface area contributed by atoms with E-state index in [1.54, 1.807) is 37.3 Å². The fourth-order valence-electron chi connectivity index (χ4n) is 3.95. The number of nitrogen functional groups attached to an aromatic ring is 1. The normalized spacial score (nSPS) is 11.4. The first-order valence-electron chi connectivity index (χ1n) is 10.7. The van der Waals surface area contributed by atoms with Crippen LogP contribution in [-0.2, 0) is 6.18 Å². The van der Waals surface area contributed by atoms with Gasteiger partial charge in [0.2, 0.25) is 0 Å². The summed E-state index contributed by atoms with van der Waals surface area (Å²) in [5.74, 6) is -0.904. The number of alkyl halides is 3. The number of fused-ring (bicyclic) bond motifs is 1. The lowest BCUT2D eigenvalue weighted by molar-refractivity contribution is -0.143. The minimum atomic E-state index is -4.94. The topological polar surface area (TPSA) is 140 Å². The van der Waals surface area contributed by atoms with Crippen LogP contribution in [0.5, 0.6) is 0 Å². The summed E-state index contributed by atoms with van der Waals surface area (Å²) >= 11 is 0. The Kier molecular flexibility index (Phi) is 5.56. The van der Waals surface area contributed by atoms with Crippen LogP contribution in [0.15, 0.2) is 61.2 Å². The number of hydrogen-bond donors (Lipinski definition) is 2. The van der Waals surface area contributed by atoms with Crippen LogP contribution in [0.1, 0.15) is 27.2 Å². The number of amides is 1. The molecule has 13 heteroatoms. The summed E-state index contributed by atoms with van der Waals surface area (Å²) in [5, 5.41) is 24.7. The van der Waals surface area contributed by atoms with E-state index in [0.717, 1.165) is 6.20 Å². The number of rotatable bonds is 4. The molecule has 5 rings (SSSR count). The number of nitriles is 1. The maximum absolute atomic E-state index is 14.3. The lowest BCUT2D eigenvalue weighted by atomic mass is 10.1. The van der Waals surface area contributed by atoms with Crippen molar-refractivity contribution in [2.75, 3.05) is 11.1 Å². The van der Waals surface area contributed by atoms with Crippen LogP contribution in [0.25, 0.3) is 22.1 Å². The number of aryl methyl sites for hydroxylation is 1. The smallest absolute Gasteiger partial charge is 0.383 e. The zero-order valence-electron chi connectivity index (χ0n) is 19.0. The molecule has 1 amide bonds. The van der Waals surface area contributed by atoms with Crippen molar-refractivity contribution in [1.29, 1.82) is 5.26 Å². The number of nitrogens with two attached hydrogens (primary N) is 1. The van der Waals surface area contributed by atoms with E-state index >= 15 is 0 Å². The standard InChI is InChI=1S/C24H16F3N9O/c1-13-8-19(36-31-6-7-32-36)14(10-28)9-18(13)34-23(37)17-11-33-35(21(17)24(25,26)27)20-12-30-22(29)16-5-3-2-4-15(16)20/h2-9,11-12H,1H3,(H2,29,30)(H,34,37). The Morgan fingerprint density at radius 3 is 2.43 bits per heavy atom. The van der Waals surface area contributed by atoms with Gasteiger partial charge < -0.3 is 11.1 Å². The number of nitrogens with zero attached hydrogens (tertiary/aromatic N) is 7. The molecule has 0 saturated heterocycles. The summed E-state index contributed by atoms with van der Waals surface area (Å²) < 4.78 is 43.4. The lowest BCUT2D eigenvalue weighted by Crippen LogP contribution is -2.21. The first kappa shape index (κ1) is 23.5. The van der Waals surface area contributed by atoms with Crippen LogP contribution in [-0.4, -0.2) is 35.7 Å². The van der Waals surface area contributed by atoms with Crippen LogP contribution in [0.4, 0.5) is 24.7 Å². The number of halogens is 3. The molecule has 3 aromatic heterocycles. The molecule has 0 aliphatic carbocycles. The SMILES string of the molecule is Cc1cc(-n2nccn2)c(C#N)cc1NC(=O)c1cnn(-c2cnc(N)c3ccccc23)c1C(F)(F)F. The van der Waals surface area contributed by atoms with Crippen LogP contribution in [0.2, 0.25) is 0 Å². The molecule has 3 N–H and O–H groups in total. The summed E-state index contributed by atoms with van der Waals surface area (Å²) in [7, 11) is 0. The summed E-state index contributed by atoms with van der Waals surface area (Å²) in [4.78, 5) is 18.3. The van der Waals surface area contributed by atoms with Gasteiger partial charge in [0.15, 0.2) is 5.69 Å². The Hall–Kier alpha value is -5.25. The zero-order chi connectivity index (χ0) is 26.3. The molecule has 0 saturated carbocycles. The molecule has 0 fully saturated rings. The molecule has 0 aliphatic rings. The number of pyridine rings is 1. The molecule has 0 aliphatic heterocycles. The molecule has 0 atom stereocenters. The van der Waals surface area contributed by atoms with E-state index in [1.807, 2.05) is 6.07 Å². The van der Waals surface area contributed by atoms with E-state index in [-0.39, 0.29) is 22.8 Å². The molecule has 10 nitrogen and oxygen atoms in total. The molecule has 184 valence electrons. The van der Waals surface area contributed by atoms with Crippen molar-refractivity contribution in [3.05, 3.63) is 83.6 Å². The van der Waals surface area contributed by atoms with Gasteiger partial charge in [0, 0.05) is 16.5 Å². The predicted molar refractivity (Wildman–Crippen MR) is 127 cm³/mol. The molecule has 0 unspecified atom stereocenters. The van der Waals surface area contributed by atoms with Gasteiger partial charge in [-0.1, -0.05) is 24.3 Å². The van der Waals surface area contributed by atoms with Gasteiger partial charge in [-0.15, -0.1) is 0 Å². The van der Waals surface area contributed by atoms with Gasteiger partial charge in [-0.2, -0.15) is 38.5 Å². The third kappa shape index (κ3) is 4.10. The van der Waals surface area contributed by atoms with Gasteiger partial charge in [-0.05, 0) is 24.6 Å². The minimum absolute atomic E-state index is 0.00944. The minimum Gasteiger partial charge on any atom is -0.383 e. The van der Waals surface area contributed by atoms with Crippen molar-refractivity contribution in [2.45, 2.75) is 13.1 Å². The van der Waals surface area contributed by atoms with Gasteiger partial charge in [-0.3, -0.25) is 4.79 Å². The number of hydrogen-bond acceptors (Lipinski definition) is 7. The van der Waals surface area contributed by atoms with Gasteiger partial charge in [0.25, 0.3) is 5.91 Å². The Labute approximate surface area is 206 Å². The first-order valence-corrected chi connectivity index (χ1v) is 10.7. The van der Waals surface area contributed by atoms with Crippen LogP contribution >= 0.6 is 0 Å². The first-order chi connectivity index (χ1) is 17.7. The van der Waals surface area contributed by atoms with Crippen LogP contribution in [0, 0.1) is 18.3 Å². The van der Waals surface area contributed by atoms with Gasteiger partial charge in [0.05, 0.1) is 41.6 Å². The van der Waals surface area contributed by atoms with E-state index in [1.165, 1.54) is 29.5 Å². The van der Waals surface area contributed by atoms with Crippen LogP contribution in [0.3, 0.4) is 0 Å². The molecular weight excluding hydrogens is 487 g/mol. The van der Waals surface area contributed by atoms with Crippen molar-refractivity contribution in [2.24, 2.45) is 0 Å². The fourth-order valence-corrected chi connectivity index (χ4v) is 3.95. The second-order valence-corrected chi connectivity index (χ2v) is 7.96. The highest BCUT2D eigenvalue weighted by atomic mass is 19.4. The number of carbonyl (C=O) groups excluding carboxylic acids is 1. The van der Waals surface area contributed by atoms with Gasteiger partial charge in [0.1, 0.15) is 17.6 Å². The molecular formula is C24H16F3N9O. The largest absolute Gasteiger partial charge is 0.434 e. The Balaban J connectivity index is 1.58. The van der Waals surface area contributed by atoms with Crippen molar-refractivity contribution in [1.82, 2.24) is 29.8 Å². The second kappa shape index (κ2) is 8.76. The van der Waals surface area contributed by atoms with Crippen molar-refractivity contribution >= 4 is 28.2 Å². The predicted octanol–water partition coefficient (Wildman–Crippen LogP) is 4.03. The second-order valence-electron chi connectivity index (χ2n) is 7.96. The highest BCUT2D eigenvalue weighted by Gasteiger charge is 2.41. The Bertz CT molecular complexity index is 1700. The van der Waals surface area contributed by atoms with Crippen LogP contribution < -0.4 is 11.1 Å². The number of aromatic nitrogens is 6. The number of carbonyl (C=O) groups is 1. The number of anilines is 2. The Morgan fingerprint density at radius 2 is 1.76 bits per heavy atom. The third-order valence-electron chi connectivity index (χ3n) is 5.66. The average Bonchev–Trinajstić information content (AvgIpc) is 3.56. The summed E-state index contributed by atoms with van der Waals surface area (Å²) in [6.07, 6.45) is -0.0580. The van der Waals surface area contributed by atoms with Crippen molar-refractivity contribution < 1.29 is 18.0 Å². The van der Waals surface area contributed by atoms with Crippen molar-refractivity contribution in [3.8, 4) is 17.4 Å². The lowest BCUT2D eigenvalue weighted by Gasteiger charge is -2.15. The Morgan fingerprint density at radius 1 is 1.05 bits per heavy atom. The molecule has 0 radical (unpaired) electrons. The number of nitrogens with one attached hydrogen (secondary N) is 1. The van der Waals surface area contributed by atoms with E-state index in [0.29, 0.717) is 26.7 Å². The monoisotopic (exact) mass is 503 g/mol. The quantitative estimate of drug-likeness (QED) is 0.377. The van der Waals surface area contributed by atoms with E-state index in [4.69, 9.17) is 5.73 Å².